The van der Waals surface area contributed by atoms with Crippen LogP contribution in [0.4, 0.5) is 11.4 Å². The lowest BCUT2D eigenvalue weighted by Crippen LogP contribution is -2.38. The first-order valence-corrected chi connectivity index (χ1v) is 13.3. The first-order chi connectivity index (χ1) is 16.3. The van der Waals surface area contributed by atoms with Gasteiger partial charge in [0.05, 0.1) is 23.2 Å². The first kappa shape index (κ1) is 23.8. The Morgan fingerprint density at radius 3 is 2.26 bits per heavy atom. The van der Waals surface area contributed by atoms with Crippen molar-refractivity contribution in [3.8, 4) is 0 Å². The van der Waals surface area contributed by atoms with E-state index >= 15 is 0 Å². The monoisotopic (exact) mass is 479 g/mol. The Kier molecular flexibility index (Phi) is 7.17. The van der Waals surface area contributed by atoms with E-state index in [2.05, 4.69) is 5.32 Å². The van der Waals surface area contributed by atoms with Crippen LogP contribution in [0.5, 0.6) is 0 Å². The number of benzene rings is 3. The number of carbonyl (C=O) groups is 2. The fourth-order valence-electron chi connectivity index (χ4n) is 4.35. The first-order valence-electron chi connectivity index (χ1n) is 11.5. The Balaban J connectivity index is 1.58. The molecule has 1 saturated heterocycles. The van der Waals surface area contributed by atoms with E-state index in [1.807, 2.05) is 35.2 Å². The molecule has 0 bridgehead atoms. The van der Waals surface area contributed by atoms with Gasteiger partial charge < -0.3 is 10.2 Å². The molecule has 1 heterocycles. The second kappa shape index (κ2) is 10.3. The Hall–Kier alpha value is -3.39. The van der Waals surface area contributed by atoms with E-state index in [0.717, 1.165) is 47.0 Å². The molecule has 1 fully saturated rings. The summed E-state index contributed by atoms with van der Waals surface area (Å²) >= 11 is 0. The molecule has 1 aliphatic rings. The van der Waals surface area contributed by atoms with E-state index in [4.69, 9.17) is 0 Å². The second-order valence-corrected chi connectivity index (χ2v) is 10.5. The van der Waals surface area contributed by atoms with E-state index in [9.17, 15) is 18.0 Å². The third-order valence-electron chi connectivity index (χ3n) is 6.05. The van der Waals surface area contributed by atoms with E-state index in [1.165, 1.54) is 0 Å². The lowest BCUT2D eigenvalue weighted by atomic mass is 10.1. The van der Waals surface area contributed by atoms with Gasteiger partial charge in [-0.05, 0) is 36.4 Å². The highest BCUT2D eigenvalue weighted by atomic mass is 32.2. The number of nitrogens with one attached hydrogen (secondary N) is 1. The molecule has 0 spiro atoms. The second-order valence-electron chi connectivity index (χ2n) is 8.57. The van der Waals surface area contributed by atoms with Gasteiger partial charge >= 0.3 is 0 Å². The largest absolute Gasteiger partial charge is 0.339 e. The van der Waals surface area contributed by atoms with Gasteiger partial charge in [0.15, 0.2) is 0 Å². The van der Waals surface area contributed by atoms with Gasteiger partial charge in [-0.2, -0.15) is 0 Å². The molecule has 3 aromatic rings. The number of hydrogen-bond donors (Lipinski definition) is 1. The van der Waals surface area contributed by atoms with Gasteiger partial charge in [-0.25, -0.2) is 8.42 Å². The van der Waals surface area contributed by atoms with Crippen molar-refractivity contribution in [3.05, 3.63) is 72.3 Å². The number of amides is 2. The molecule has 0 aromatic heterocycles. The molecular formula is C26H29N3O4S. The number of fused-ring (bicyclic) bond motifs is 1. The highest BCUT2D eigenvalue weighted by molar-refractivity contribution is 7.92. The van der Waals surface area contributed by atoms with Crippen LogP contribution in [0, 0.1) is 0 Å². The third-order valence-corrected chi connectivity index (χ3v) is 7.17. The summed E-state index contributed by atoms with van der Waals surface area (Å²) in [5, 5.41) is 4.39. The van der Waals surface area contributed by atoms with E-state index in [0.29, 0.717) is 30.0 Å². The van der Waals surface area contributed by atoms with Gasteiger partial charge in [0.25, 0.3) is 5.91 Å². The maximum Gasteiger partial charge on any atom is 0.255 e. The van der Waals surface area contributed by atoms with Crippen molar-refractivity contribution in [3.63, 3.8) is 0 Å². The topological polar surface area (TPSA) is 86.8 Å². The van der Waals surface area contributed by atoms with Crippen molar-refractivity contribution in [1.29, 1.82) is 0 Å². The van der Waals surface area contributed by atoms with Crippen LogP contribution in [0.1, 0.15) is 36.0 Å². The average molecular weight is 480 g/mol. The molecule has 1 aliphatic heterocycles. The maximum absolute atomic E-state index is 13.2. The van der Waals surface area contributed by atoms with Crippen LogP contribution >= 0.6 is 0 Å². The lowest BCUT2D eigenvalue weighted by molar-refractivity contribution is -0.114. The average Bonchev–Trinajstić information content (AvgIpc) is 3.11. The zero-order valence-electron chi connectivity index (χ0n) is 19.2. The summed E-state index contributed by atoms with van der Waals surface area (Å²) in [5.41, 5.74) is 1.23. The minimum atomic E-state index is -3.75. The Bertz CT molecular complexity index is 1290. The van der Waals surface area contributed by atoms with Crippen molar-refractivity contribution in [2.75, 3.05) is 35.5 Å². The van der Waals surface area contributed by atoms with Crippen molar-refractivity contribution >= 4 is 44.0 Å². The number of likely N-dealkylation sites (tertiary alicyclic amines) is 1. The minimum Gasteiger partial charge on any atom is -0.339 e. The molecule has 1 N–H and O–H groups in total. The van der Waals surface area contributed by atoms with Crippen LogP contribution in [0.2, 0.25) is 0 Å². The molecule has 0 unspecified atom stereocenters. The van der Waals surface area contributed by atoms with E-state index in [-0.39, 0.29) is 5.91 Å². The SMILES string of the molecule is CS(=O)(=O)N(CC(=O)Nc1ccccc1C(=O)N1CCCCCC1)c1cccc2ccccc12. The van der Waals surface area contributed by atoms with Crippen molar-refractivity contribution in [2.45, 2.75) is 25.7 Å². The summed E-state index contributed by atoms with van der Waals surface area (Å²) in [7, 11) is -3.75. The summed E-state index contributed by atoms with van der Waals surface area (Å²) < 4.78 is 26.4. The van der Waals surface area contributed by atoms with Crippen molar-refractivity contribution < 1.29 is 18.0 Å². The molecule has 7 nitrogen and oxygen atoms in total. The molecule has 2 amide bonds. The number of carbonyl (C=O) groups excluding carboxylic acids is 2. The van der Waals surface area contributed by atoms with Gasteiger partial charge in [-0.1, -0.05) is 61.4 Å². The van der Waals surface area contributed by atoms with Gasteiger partial charge in [0.1, 0.15) is 6.54 Å². The predicted octanol–water partition coefficient (Wildman–Crippen LogP) is 4.26. The fourth-order valence-corrected chi connectivity index (χ4v) is 5.22. The Morgan fingerprint density at radius 1 is 0.882 bits per heavy atom. The third kappa shape index (κ3) is 5.39. The quantitative estimate of drug-likeness (QED) is 0.572. The van der Waals surface area contributed by atoms with Gasteiger partial charge in [0, 0.05) is 18.5 Å². The smallest absolute Gasteiger partial charge is 0.255 e. The molecular weight excluding hydrogens is 450 g/mol. The molecule has 8 heteroatoms. The Morgan fingerprint density at radius 2 is 1.53 bits per heavy atom. The van der Waals surface area contributed by atoms with Crippen LogP contribution < -0.4 is 9.62 Å². The number of rotatable bonds is 6. The molecule has 178 valence electrons. The molecule has 0 aliphatic carbocycles. The summed E-state index contributed by atoms with van der Waals surface area (Å²) in [4.78, 5) is 28.0. The summed E-state index contributed by atoms with van der Waals surface area (Å²) in [6.07, 6.45) is 5.23. The van der Waals surface area contributed by atoms with Crippen LogP contribution in [-0.2, 0) is 14.8 Å². The number of nitrogens with zero attached hydrogens (tertiary/aromatic N) is 2. The van der Waals surface area contributed by atoms with Crippen LogP contribution in [0.15, 0.2) is 66.7 Å². The maximum atomic E-state index is 13.2. The Labute approximate surface area is 200 Å². The summed E-state index contributed by atoms with van der Waals surface area (Å²) in [5.74, 6) is -0.638. The highest BCUT2D eigenvalue weighted by Gasteiger charge is 2.25. The number of hydrogen-bond acceptors (Lipinski definition) is 4. The molecule has 3 aromatic carbocycles. The van der Waals surface area contributed by atoms with Crippen molar-refractivity contribution in [1.82, 2.24) is 4.90 Å². The number of anilines is 2. The van der Waals surface area contributed by atoms with Crippen molar-refractivity contribution in [2.24, 2.45) is 0 Å². The van der Waals surface area contributed by atoms with E-state index < -0.39 is 22.5 Å². The zero-order chi connectivity index (χ0) is 24.1. The van der Waals surface area contributed by atoms with Gasteiger partial charge in [0.2, 0.25) is 15.9 Å². The molecule has 0 radical (unpaired) electrons. The summed E-state index contributed by atoms with van der Waals surface area (Å²) in [6, 6.07) is 19.7. The summed E-state index contributed by atoms with van der Waals surface area (Å²) in [6.45, 7) is 0.993. The van der Waals surface area contributed by atoms with Crippen LogP contribution in [-0.4, -0.2) is 51.0 Å². The zero-order valence-corrected chi connectivity index (χ0v) is 20.1. The van der Waals surface area contributed by atoms with Gasteiger partial charge in [-0.15, -0.1) is 0 Å². The van der Waals surface area contributed by atoms with Gasteiger partial charge in [-0.3, -0.25) is 13.9 Å². The number of sulfonamides is 1. The van der Waals surface area contributed by atoms with Crippen LogP contribution in [0.25, 0.3) is 10.8 Å². The fraction of sp³-hybridized carbons (Fsp3) is 0.308. The standard InChI is InChI=1S/C26H29N3O4S/c1-34(32,33)29(24-16-10-12-20-11-4-5-13-21(20)24)19-25(30)27-23-15-7-6-14-22(23)26(31)28-17-8-2-3-9-18-28/h4-7,10-16H,2-3,8-9,17-19H2,1H3,(H,27,30). The normalized spacial score (nSPS) is 14.4. The minimum absolute atomic E-state index is 0.119. The number of para-hydroxylation sites is 1. The van der Waals surface area contributed by atoms with E-state index in [1.54, 1.807) is 36.4 Å². The van der Waals surface area contributed by atoms with Crippen LogP contribution in [0.3, 0.4) is 0 Å². The molecule has 4 rings (SSSR count). The molecule has 34 heavy (non-hydrogen) atoms. The highest BCUT2D eigenvalue weighted by Crippen LogP contribution is 2.28. The molecule has 0 atom stereocenters. The molecule has 0 saturated carbocycles. The lowest BCUT2D eigenvalue weighted by Gasteiger charge is -2.24. The predicted molar refractivity (Wildman–Crippen MR) is 136 cm³/mol.